The lowest BCUT2D eigenvalue weighted by Crippen LogP contribution is -2.49. The Bertz CT molecular complexity index is 1030. The number of carbonyl (C=O) groups excluding carboxylic acids is 1. The van der Waals surface area contributed by atoms with Gasteiger partial charge in [-0.2, -0.15) is 4.31 Å². The molecular weight excluding hydrogens is 424 g/mol. The Kier molecular flexibility index (Phi) is 6.36. The fraction of sp³-hybridized carbons (Fsp3) is 0.409. The minimum absolute atomic E-state index is 0.0134. The van der Waals surface area contributed by atoms with Gasteiger partial charge < -0.3 is 5.32 Å². The molecule has 0 bridgehead atoms. The van der Waals surface area contributed by atoms with Crippen molar-refractivity contribution in [3.8, 4) is 0 Å². The standard InChI is InChI=1S/C22H25F2N3O3S/c23-16-4-6-18(7-5-16)25-22(28)15-26-12-10-20(11-13-26)27(19-8-9-19)31(29,30)21-3-1-2-17(24)14-21/h1-7,14,19-20H,8-13,15H2,(H,25,28). The Morgan fingerprint density at radius 3 is 2.23 bits per heavy atom. The Morgan fingerprint density at radius 1 is 0.968 bits per heavy atom. The highest BCUT2D eigenvalue weighted by atomic mass is 32.2. The molecule has 2 aromatic carbocycles. The zero-order valence-electron chi connectivity index (χ0n) is 17.0. The van der Waals surface area contributed by atoms with Crippen LogP contribution in [0.25, 0.3) is 0 Å². The highest BCUT2D eigenvalue weighted by Crippen LogP contribution is 2.36. The van der Waals surface area contributed by atoms with Gasteiger partial charge in [0.25, 0.3) is 0 Å². The fourth-order valence-corrected chi connectivity index (χ4v) is 6.00. The summed E-state index contributed by atoms with van der Waals surface area (Å²) in [5, 5.41) is 2.74. The smallest absolute Gasteiger partial charge is 0.243 e. The SMILES string of the molecule is O=C(CN1CCC(N(C2CC2)S(=O)(=O)c2cccc(F)c2)CC1)Nc1ccc(F)cc1. The van der Waals surface area contributed by atoms with Gasteiger partial charge in [0.15, 0.2) is 0 Å². The maximum absolute atomic E-state index is 13.6. The third-order valence-corrected chi connectivity index (χ3v) is 7.69. The molecule has 2 aromatic rings. The molecule has 1 N–H and O–H groups in total. The number of anilines is 1. The van der Waals surface area contributed by atoms with Gasteiger partial charge >= 0.3 is 0 Å². The van der Waals surface area contributed by atoms with Crippen LogP contribution in [0.4, 0.5) is 14.5 Å². The molecule has 0 spiro atoms. The quantitative estimate of drug-likeness (QED) is 0.705. The van der Waals surface area contributed by atoms with E-state index in [9.17, 15) is 22.0 Å². The van der Waals surface area contributed by atoms with Crippen molar-refractivity contribution in [3.05, 3.63) is 60.2 Å². The van der Waals surface area contributed by atoms with Crippen LogP contribution in [0.2, 0.25) is 0 Å². The van der Waals surface area contributed by atoms with E-state index in [-0.39, 0.29) is 35.2 Å². The number of rotatable bonds is 7. The molecule has 1 amide bonds. The summed E-state index contributed by atoms with van der Waals surface area (Å²) in [6.07, 6.45) is 2.84. The molecule has 6 nitrogen and oxygen atoms in total. The molecule has 166 valence electrons. The van der Waals surface area contributed by atoms with Crippen molar-refractivity contribution in [1.82, 2.24) is 9.21 Å². The number of carbonyl (C=O) groups is 1. The monoisotopic (exact) mass is 449 g/mol. The van der Waals surface area contributed by atoms with E-state index in [0.717, 1.165) is 18.9 Å². The Morgan fingerprint density at radius 2 is 1.61 bits per heavy atom. The number of piperidine rings is 1. The van der Waals surface area contributed by atoms with Crippen molar-refractivity contribution < 1.29 is 22.0 Å². The summed E-state index contributed by atoms with van der Waals surface area (Å²) >= 11 is 0. The van der Waals surface area contributed by atoms with Crippen molar-refractivity contribution in [1.29, 1.82) is 0 Å². The van der Waals surface area contributed by atoms with E-state index in [0.29, 0.717) is 31.6 Å². The van der Waals surface area contributed by atoms with Crippen molar-refractivity contribution >= 4 is 21.6 Å². The van der Waals surface area contributed by atoms with Gasteiger partial charge in [0.2, 0.25) is 15.9 Å². The second-order valence-electron chi connectivity index (χ2n) is 8.09. The van der Waals surface area contributed by atoms with Gasteiger partial charge in [-0.25, -0.2) is 17.2 Å². The fourth-order valence-electron chi connectivity index (χ4n) is 4.04. The van der Waals surface area contributed by atoms with Gasteiger partial charge in [-0.05, 0) is 68.1 Å². The third kappa shape index (κ3) is 5.28. The van der Waals surface area contributed by atoms with Crippen molar-refractivity contribution in [2.75, 3.05) is 25.0 Å². The number of likely N-dealkylation sites (tertiary alicyclic amines) is 1. The van der Waals surface area contributed by atoms with Crippen molar-refractivity contribution in [3.63, 3.8) is 0 Å². The summed E-state index contributed by atoms with van der Waals surface area (Å²) in [6.45, 7) is 1.36. The molecule has 1 saturated heterocycles. The lowest BCUT2D eigenvalue weighted by atomic mass is 10.0. The zero-order valence-corrected chi connectivity index (χ0v) is 17.8. The van der Waals surface area contributed by atoms with Crippen LogP contribution in [0.1, 0.15) is 25.7 Å². The molecule has 0 aromatic heterocycles. The van der Waals surface area contributed by atoms with Crippen LogP contribution >= 0.6 is 0 Å². The predicted octanol–water partition coefficient (Wildman–Crippen LogP) is 3.22. The van der Waals surface area contributed by atoms with Crippen molar-refractivity contribution in [2.24, 2.45) is 0 Å². The summed E-state index contributed by atoms with van der Waals surface area (Å²) < 4.78 is 54.6. The average Bonchev–Trinajstić information content (AvgIpc) is 3.56. The molecular formula is C22H25F2N3O3S. The molecule has 0 unspecified atom stereocenters. The highest BCUT2D eigenvalue weighted by molar-refractivity contribution is 7.89. The summed E-state index contributed by atoms with van der Waals surface area (Å²) in [6, 6.07) is 10.5. The molecule has 1 saturated carbocycles. The number of hydrogen-bond acceptors (Lipinski definition) is 4. The first-order valence-corrected chi connectivity index (χ1v) is 11.8. The third-order valence-electron chi connectivity index (χ3n) is 5.69. The number of amides is 1. The van der Waals surface area contributed by atoms with E-state index in [1.807, 2.05) is 4.90 Å². The van der Waals surface area contributed by atoms with Crippen LogP contribution in [0.5, 0.6) is 0 Å². The van der Waals surface area contributed by atoms with Gasteiger partial charge in [-0.15, -0.1) is 0 Å². The molecule has 31 heavy (non-hydrogen) atoms. The number of hydrogen-bond donors (Lipinski definition) is 1. The minimum Gasteiger partial charge on any atom is -0.325 e. The topological polar surface area (TPSA) is 69.7 Å². The summed E-state index contributed by atoms with van der Waals surface area (Å²) in [5.41, 5.74) is 0.530. The lowest BCUT2D eigenvalue weighted by Gasteiger charge is -2.37. The molecule has 2 aliphatic rings. The number of nitrogens with one attached hydrogen (secondary N) is 1. The van der Waals surface area contributed by atoms with E-state index in [1.165, 1.54) is 42.5 Å². The van der Waals surface area contributed by atoms with Crippen LogP contribution in [0.15, 0.2) is 53.4 Å². The van der Waals surface area contributed by atoms with E-state index in [4.69, 9.17) is 0 Å². The van der Waals surface area contributed by atoms with Gasteiger partial charge in [-0.1, -0.05) is 6.07 Å². The van der Waals surface area contributed by atoms with Crippen LogP contribution in [0, 0.1) is 11.6 Å². The first kappa shape index (κ1) is 21.9. The number of benzene rings is 2. The minimum atomic E-state index is -3.78. The van der Waals surface area contributed by atoms with Crippen LogP contribution in [0.3, 0.4) is 0 Å². The second kappa shape index (κ2) is 9.02. The molecule has 1 aliphatic heterocycles. The van der Waals surface area contributed by atoms with E-state index in [1.54, 1.807) is 4.31 Å². The lowest BCUT2D eigenvalue weighted by molar-refractivity contribution is -0.117. The Hall–Kier alpha value is -2.36. The maximum atomic E-state index is 13.6. The van der Waals surface area contributed by atoms with E-state index in [2.05, 4.69) is 5.32 Å². The van der Waals surface area contributed by atoms with Gasteiger partial charge in [0.1, 0.15) is 11.6 Å². The second-order valence-corrected chi connectivity index (χ2v) is 9.93. The van der Waals surface area contributed by atoms with Crippen LogP contribution < -0.4 is 5.32 Å². The average molecular weight is 450 g/mol. The highest BCUT2D eigenvalue weighted by Gasteiger charge is 2.43. The molecule has 4 rings (SSSR count). The molecule has 2 fully saturated rings. The van der Waals surface area contributed by atoms with E-state index >= 15 is 0 Å². The molecule has 1 aliphatic carbocycles. The predicted molar refractivity (Wildman–Crippen MR) is 113 cm³/mol. The zero-order chi connectivity index (χ0) is 22.0. The molecule has 9 heteroatoms. The van der Waals surface area contributed by atoms with E-state index < -0.39 is 15.8 Å². The molecule has 0 atom stereocenters. The first-order valence-electron chi connectivity index (χ1n) is 10.4. The number of sulfonamides is 1. The maximum Gasteiger partial charge on any atom is 0.243 e. The van der Waals surface area contributed by atoms with Gasteiger partial charge in [0, 0.05) is 30.9 Å². The van der Waals surface area contributed by atoms with Crippen LogP contribution in [-0.4, -0.2) is 55.2 Å². The first-order chi connectivity index (χ1) is 14.8. The van der Waals surface area contributed by atoms with Gasteiger partial charge in [-0.3, -0.25) is 9.69 Å². The largest absolute Gasteiger partial charge is 0.325 e. The summed E-state index contributed by atoms with van der Waals surface area (Å²) in [4.78, 5) is 14.3. The Labute approximate surface area is 180 Å². The summed E-state index contributed by atoms with van der Waals surface area (Å²) in [7, 11) is -3.78. The normalized spacial score (nSPS) is 18.3. The number of halogens is 2. The number of nitrogens with zero attached hydrogens (tertiary/aromatic N) is 2. The van der Waals surface area contributed by atoms with Gasteiger partial charge in [0.05, 0.1) is 11.4 Å². The molecule has 0 radical (unpaired) electrons. The van der Waals surface area contributed by atoms with Crippen LogP contribution in [-0.2, 0) is 14.8 Å². The van der Waals surface area contributed by atoms with Crippen molar-refractivity contribution in [2.45, 2.75) is 42.7 Å². The summed E-state index contributed by atoms with van der Waals surface area (Å²) in [5.74, 6) is -1.14. The Balaban J connectivity index is 1.36. The molecule has 1 heterocycles.